The van der Waals surface area contributed by atoms with Gasteiger partial charge in [-0.2, -0.15) is 4.98 Å². The summed E-state index contributed by atoms with van der Waals surface area (Å²) in [5, 5.41) is 2.96. The molecule has 2 rings (SSSR count). The van der Waals surface area contributed by atoms with Gasteiger partial charge in [-0.15, -0.1) is 0 Å². The Kier molecular flexibility index (Phi) is 3.00. The lowest BCUT2D eigenvalue weighted by Crippen LogP contribution is -1.95. The Hall–Kier alpha value is -2.10. The fraction of sp³-hybridized carbons (Fsp3) is 0.167. The minimum Gasteiger partial charge on any atom is -0.437 e. The lowest BCUT2D eigenvalue weighted by molar-refractivity contribution is 0.457. The van der Waals surface area contributed by atoms with E-state index in [4.69, 9.17) is 4.74 Å². The van der Waals surface area contributed by atoms with E-state index in [1.807, 2.05) is 44.3 Å². The lowest BCUT2D eigenvalue weighted by atomic mass is 10.3. The van der Waals surface area contributed by atoms with Crippen LogP contribution in [0.15, 0.2) is 36.5 Å². The van der Waals surface area contributed by atoms with Crippen LogP contribution in [0, 0.1) is 6.92 Å². The highest BCUT2D eigenvalue weighted by Gasteiger charge is 2.02. The third-order valence-electron chi connectivity index (χ3n) is 2.15. The number of hydrogen-bond donors (Lipinski definition) is 1. The fourth-order valence-electron chi connectivity index (χ4n) is 1.30. The number of aryl methyl sites for hydroxylation is 1. The predicted molar refractivity (Wildman–Crippen MR) is 62.8 cm³/mol. The molecule has 0 radical (unpaired) electrons. The second kappa shape index (κ2) is 4.61. The molecule has 2 aromatic heterocycles. The van der Waals surface area contributed by atoms with Crippen molar-refractivity contribution in [1.29, 1.82) is 0 Å². The molecule has 0 atom stereocenters. The largest absolute Gasteiger partial charge is 0.437 e. The Bertz CT molecular complexity index is 485. The molecule has 1 N–H and O–H groups in total. The van der Waals surface area contributed by atoms with Crippen molar-refractivity contribution in [3.05, 3.63) is 42.2 Å². The summed E-state index contributed by atoms with van der Waals surface area (Å²) in [6.07, 6.45) is 1.74. The van der Waals surface area contributed by atoms with Gasteiger partial charge in [-0.3, -0.25) is 4.98 Å². The van der Waals surface area contributed by atoms with Crippen LogP contribution in [0.3, 0.4) is 0 Å². The molecule has 0 saturated heterocycles. The SMILES string of the molecule is CNc1cccc(Oc2cccnc2C)n1. The van der Waals surface area contributed by atoms with E-state index >= 15 is 0 Å². The van der Waals surface area contributed by atoms with E-state index in [1.165, 1.54) is 0 Å². The van der Waals surface area contributed by atoms with E-state index in [0.29, 0.717) is 5.88 Å². The van der Waals surface area contributed by atoms with Gasteiger partial charge in [0.25, 0.3) is 0 Å². The Balaban J connectivity index is 2.24. The van der Waals surface area contributed by atoms with Crippen LogP contribution >= 0.6 is 0 Å². The average molecular weight is 215 g/mol. The van der Waals surface area contributed by atoms with Gasteiger partial charge in [-0.1, -0.05) is 6.07 Å². The summed E-state index contributed by atoms with van der Waals surface area (Å²) >= 11 is 0. The van der Waals surface area contributed by atoms with Crippen LogP contribution in [0.5, 0.6) is 11.6 Å². The Labute approximate surface area is 94.3 Å². The van der Waals surface area contributed by atoms with E-state index in [-0.39, 0.29) is 0 Å². The Morgan fingerprint density at radius 1 is 1.19 bits per heavy atom. The van der Waals surface area contributed by atoms with Crippen molar-refractivity contribution >= 4 is 5.82 Å². The summed E-state index contributed by atoms with van der Waals surface area (Å²) in [6, 6.07) is 9.29. The van der Waals surface area contributed by atoms with E-state index in [0.717, 1.165) is 17.3 Å². The third kappa shape index (κ3) is 2.28. The number of nitrogens with zero attached hydrogens (tertiary/aromatic N) is 2. The smallest absolute Gasteiger partial charge is 0.221 e. The first-order valence-electron chi connectivity index (χ1n) is 5.04. The number of pyridine rings is 2. The first-order chi connectivity index (χ1) is 7.79. The molecule has 0 aromatic carbocycles. The zero-order valence-corrected chi connectivity index (χ0v) is 9.27. The number of rotatable bonds is 3. The van der Waals surface area contributed by atoms with Crippen LogP contribution in [-0.4, -0.2) is 17.0 Å². The van der Waals surface area contributed by atoms with Gasteiger partial charge in [0.1, 0.15) is 5.82 Å². The molecule has 4 nitrogen and oxygen atoms in total. The highest BCUT2D eigenvalue weighted by atomic mass is 16.5. The van der Waals surface area contributed by atoms with Gasteiger partial charge in [0.15, 0.2) is 5.75 Å². The van der Waals surface area contributed by atoms with Gasteiger partial charge in [0, 0.05) is 19.3 Å². The predicted octanol–water partition coefficient (Wildman–Crippen LogP) is 2.62. The van der Waals surface area contributed by atoms with Gasteiger partial charge in [-0.05, 0) is 25.1 Å². The normalized spacial score (nSPS) is 9.88. The molecule has 0 saturated carbocycles. The van der Waals surface area contributed by atoms with Gasteiger partial charge in [0.05, 0.1) is 5.69 Å². The van der Waals surface area contributed by atoms with Crippen LogP contribution in [-0.2, 0) is 0 Å². The maximum Gasteiger partial charge on any atom is 0.221 e. The van der Waals surface area contributed by atoms with E-state index in [9.17, 15) is 0 Å². The van der Waals surface area contributed by atoms with Crippen molar-refractivity contribution in [2.45, 2.75) is 6.92 Å². The van der Waals surface area contributed by atoms with Crippen LogP contribution in [0.25, 0.3) is 0 Å². The highest BCUT2D eigenvalue weighted by molar-refractivity contribution is 5.38. The molecule has 2 aromatic rings. The molecule has 0 amide bonds. The number of hydrogen-bond acceptors (Lipinski definition) is 4. The van der Waals surface area contributed by atoms with Gasteiger partial charge < -0.3 is 10.1 Å². The van der Waals surface area contributed by atoms with Gasteiger partial charge >= 0.3 is 0 Å². The molecule has 16 heavy (non-hydrogen) atoms. The fourth-order valence-corrected chi connectivity index (χ4v) is 1.30. The van der Waals surface area contributed by atoms with E-state index in [1.54, 1.807) is 6.20 Å². The number of nitrogens with one attached hydrogen (secondary N) is 1. The van der Waals surface area contributed by atoms with Crippen molar-refractivity contribution in [3.63, 3.8) is 0 Å². The maximum absolute atomic E-state index is 5.64. The summed E-state index contributed by atoms with van der Waals surface area (Å²) in [6.45, 7) is 1.90. The van der Waals surface area contributed by atoms with Gasteiger partial charge in [-0.25, -0.2) is 0 Å². The van der Waals surface area contributed by atoms with Crippen molar-refractivity contribution in [2.24, 2.45) is 0 Å². The van der Waals surface area contributed by atoms with E-state index in [2.05, 4.69) is 15.3 Å². The highest BCUT2D eigenvalue weighted by Crippen LogP contribution is 2.22. The first-order valence-corrected chi connectivity index (χ1v) is 5.04. The average Bonchev–Trinajstić information content (AvgIpc) is 2.32. The monoisotopic (exact) mass is 215 g/mol. The molecule has 2 heterocycles. The summed E-state index contributed by atoms with van der Waals surface area (Å²) in [5.74, 6) is 2.06. The third-order valence-corrected chi connectivity index (χ3v) is 2.15. The second-order valence-corrected chi connectivity index (χ2v) is 3.30. The molecule has 0 aliphatic rings. The first kappa shape index (κ1) is 10.4. The number of anilines is 1. The zero-order valence-electron chi connectivity index (χ0n) is 9.27. The molecule has 0 bridgehead atoms. The molecule has 0 aliphatic heterocycles. The zero-order chi connectivity index (χ0) is 11.4. The molecule has 0 aliphatic carbocycles. The standard InChI is InChI=1S/C12H13N3O/c1-9-10(5-4-8-14-9)16-12-7-3-6-11(13-2)15-12/h3-8H,1-2H3,(H,13,15). The van der Waals surface area contributed by atoms with Gasteiger partial charge in [0.2, 0.25) is 5.88 Å². The lowest BCUT2D eigenvalue weighted by Gasteiger charge is -2.07. The number of ether oxygens (including phenoxy) is 1. The van der Waals surface area contributed by atoms with Crippen LogP contribution in [0.2, 0.25) is 0 Å². The minimum atomic E-state index is 0.558. The molecular weight excluding hydrogens is 202 g/mol. The molecule has 82 valence electrons. The maximum atomic E-state index is 5.64. The van der Waals surface area contributed by atoms with Crippen LogP contribution < -0.4 is 10.1 Å². The van der Waals surface area contributed by atoms with Crippen molar-refractivity contribution in [3.8, 4) is 11.6 Å². The van der Waals surface area contributed by atoms with Crippen molar-refractivity contribution in [1.82, 2.24) is 9.97 Å². The summed E-state index contributed by atoms with van der Waals surface area (Å²) in [7, 11) is 1.82. The van der Waals surface area contributed by atoms with Crippen LogP contribution in [0.4, 0.5) is 5.82 Å². The molecule has 0 fully saturated rings. The van der Waals surface area contributed by atoms with Crippen molar-refractivity contribution in [2.75, 3.05) is 12.4 Å². The van der Waals surface area contributed by atoms with Crippen LogP contribution in [0.1, 0.15) is 5.69 Å². The molecule has 0 unspecified atom stereocenters. The summed E-state index contributed by atoms with van der Waals surface area (Å²) in [4.78, 5) is 8.42. The Morgan fingerprint density at radius 2 is 2.06 bits per heavy atom. The second-order valence-electron chi connectivity index (χ2n) is 3.30. The minimum absolute atomic E-state index is 0.558. The number of aromatic nitrogens is 2. The topological polar surface area (TPSA) is 47.0 Å². The molecular formula is C12H13N3O. The molecule has 0 spiro atoms. The van der Waals surface area contributed by atoms with Crippen molar-refractivity contribution < 1.29 is 4.74 Å². The summed E-state index contributed by atoms with van der Waals surface area (Å²) < 4.78 is 5.64. The van der Waals surface area contributed by atoms with E-state index < -0.39 is 0 Å². The Morgan fingerprint density at radius 3 is 2.81 bits per heavy atom. The summed E-state index contributed by atoms with van der Waals surface area (Å²) in [5.41, 5.74) is 0.846. The molecule has 4 heteroatoms. The quantitative estimate of drug-likeness (QED) is 0.855.